The summed E-state index contributed by atoms with van der Waals surface area (Å²) in [6.45, 7) is 6.04. The maximum absolute atomic E-state index is 14.0. The van der Waals surface area contributed by atoms with Crippen molar-refractivity contribution < 1.29 is 24.5 Å². The van der Waals surface area contributed by atoms with Crippen LogP contribution in [0.4, 0.5) is 0 Å². The minimum atomic E-state index is -0.678. The quantitative estimate of drug-likeness (QED) is 0.233. The summed E-state index contributed by atoms with van der Waals surface area (Å²) < 4.78 is 6.88. The lowest BCUT2D eigenvalue weighted by atomic mass is 9.50. The van der Waals surface area contributed by atoms with E-state index < -0.39 is 12.4 Å². The van der Waals surface area contributed by atoms with Crippen LogP contribution >= 0.6 is 0 Å². The number of phenols is 1. The lowest BCUT2D eigenvalue weighted by Gasteiger charge is -2.60. The minimum absolute atomic E-state index is 0.0368. The number of carbonyl (C=O) groups is 2. The molecule has 7 nitrogen and oxygen atoms in total. The van der Waals surface area contributed by atoms with Gasteiger partial charge in [0.1, 0.15) is 12.7 Å². The lowest BCUT2D eigenvalue weighted by Crippen LogP contribution is -2.69. The molecule has 1 saturated heterocycles. The van der Waals surface area contributed by atoms with Crippen molar-refractivity contribution in [2.24, 2.45) is 11.8 Å². The van der Waals surface area contributed by atoms with Crippen molar-refractivity contribution >= 4 is 17.8 Å². The van der Waals surface area contributed by atoms with Gasteiger partial charge in [-0.25, -0.2) is 0 Å². The second-order valence-electron chi connectivity index (χ2n) is 14.0. The molecule has 2 aliphatic heterocycles. The van der Waals surface area contributed by atoms with Crippen LogP contribution in [0.2, 0.25) is 0 Å². The second kappa shape index (κ2) is 12.3. The Balaban J connectivity index is 1.28. The first-order chi connectivity index (χ1) is 22.3. The summed E-state index contributed by atoms with van der Waals surface area (Å²) in [4.78, 5) is 31.5. The number of rotatable bonds is 10. The Morgan fingerprint density at radius 3 is 2.54 bits per heavy atom. The molecular formula is C39H44N2O5. The molecule has 3 aromatic carbocycles. The average Bonchev–Trinajstić information content (AvgIpc) is 3.42. The second-order valence-corrected chi connectivity index (χ2v) is 14.0. The summed E-state index contributed by atoms with van der Waals surface area (Å²) >= 11 is 0. The number of benzene rings is 3. The van der Waals surface area contributed by atoms with Crippen LogP contribution < -0.4 is 4.74 Å². The molecule has 1 spiro atoms. The number of hydrogen-bond acceptors (Lipinski definition) is 6. The molecule has 2 N–H and O–H groups in total. The van der Waals surface area contributed by atoms with Crippen LogP contribution in [0.25, 0.3) is 6.08 Å². The van der Waals surface area contributed by atoms with E-state index in [-0.39, 0.29) is 46.7 Å². The molecule has 0 radical (unpaired) electrons. The van der Waals surface area contributed by atoms with Crippen molar-refractivity contribution in [2.45, 2.75) is 69.6 Å². The van der Waals surface area contributed by atoms with E-state index >= 15 is 0 Å². The Morgan fingerprint density at radius 1 is 1.09 bits per heavy atom. The molecule has 2 unspecified atom stereocenters. The number of piperidine rings is 1. The predicted octanol–water partition coefficient (Wildman–Crippen LogP) is 5.42. The topological polar surface area (TPSA) is 90.3 Å². The maximum Gasteiger partial charge on any atom is 0.246 e. The van der Waals surface area contributed by atoms with Gasteiger partial charge >= 0.3 is 0 Å². The Kier molecular flexibility index (Phi) is 8.24. The first-order valence-corrected chi connectivity index (χ1v) is 16.8. The Labute approximate surface area is 271 Å². The molecule has 7 rings (SSSR count). The summed E-state index contributed by atoms with van der Waals surface area (Å²) in [6, 6.07) is 22.3. The monoisotopic (exact) mass is 620 g/mol. The number of aromatic hydroxyl groups is 1. The molecule has 4 aliphatic rings. The summed E-state index contributed by atoms with van der Waals surface area (Å²) in [5.74, 6) is 0.232. The number of phenolic OH excluding ortho intramolecular Hbond substituents is 1. The summed E-state index contributed by atoms with van der Waals surface area (Å²) in [7, 11) is 0. The van der Waals surface area contributed by atoms with Gasteiger partial charge < -0.3 is 19.8 Å². The first-order valence-electron chi connectivity index (χ1n) is 16.8. The SMILES string of the molecule is CC(C)CN(C(=O)C=Cc1ccccc1)C1CC[C@H]2[C@H]3Cc4cc(C(=O)CO)c(O)c5c4[C@@]2(CCN3CCc2ccccc2)C1O5. The van der Waals surface area contributed by atoms with E-state index in [4.69, 9.17) is 4.74 Å². The zero-order chi connectivity index (χ0) is 32.0. The molecular weight excluding hydrogens is 576 g/mol. The van der Waals surface area contributed by atoms with Gasteiger partial charge in [0, 0.05) is 36.2 Å². The number of likely N-dealkylation sites (tertiary alicyclic amines) is 1. The number of ketones is 1. The molecule has 7 heteroatoms. The molecule has 0 aromatic heterocycles. The number of aliphatic hydroxyl groups is 1. The van der Waals surface area contributed by atoms with Crippen LogP contribution in [0.15, 0.2) is 72.8 Å². The number of Topliss-reactive ketones (excluding diaryl/α,β-unsaturated/α-hetero) is 1. The summed E-state index contributed by atoms with van der Waals surface area (Å²) in [6.07, 6.45) is 7.58. The van der Waals surface area contributed by atoms with E-state index in [9.17, 15) is 19.8 Å². The van der Waals surface area contributed by atoms with E-state index in [1.54, 1.807) is 6.08 Å². The maximum atomic E-state index is 14.0. The normalized spacial score (nSPS) is 26.2. The fraction of sp³-hybridized carbons (Fsp3) is 0.436. The van der Waals surface area contributed by atoms with E-state index in [0.717, 1.165) is 61.9 Å². The van der Waals surface area contributed by atoms with Crippen LogP contribution in [-0.4, -0.2) is 76.1 Å². The average molecular weight is 621 g/mol. The van der Waals surface area contributed by atoms with E-state index in [1.165, 1.54) is 5.56 Å². The number of amides is 1. The van der Waals surface area contributed by atoms with Gasteiger partial charge in [-0.05, 0) is 79.3 Å². The molecule has 2 fully saturated rings. The van der Waals surface area contributed by atoms with Gasteiger partial charge in [-0.1, -0.05) is 74.5 Å². The third-order valence-electron chi connectivity index (χ3n) is 11.0. The number of aliphatic hydroxyl groups excluding tert-OH is 1. The van der Waals surface area contributed by atoms with Gasteiger partial charge in [-0.2, -0.15) is 0 Å². The minimum Gasteiger partial charge on any atom is -0.504 e. The van der Waals surface area contributed by atoms with Gasteiger partial charge in [-0.3, -0.25) is 14.5 Å². The third kappa shape index (κ3) is 5.14. The van der Waals surface area contributed by atoms with Crippen molar-refractivity contribution in [3.05, 3.63) is 101 Å². The van der Waals surface area contributed by atoms with Crippen LogP contribution in [0.3, 0.4) is 0 Å². The van der Waals surface area contributed by atoms with Crippen LogP contribution in [0.1, 0.15) is 65.7 Å². The number of hydrogen-bond donors (Lipinski definition) is 2. The molecule has 1 amide bonds. The van der Waals surface area contributed by atoms with Gasteiger partial charge in [0.2, 0.25) is 5.91 Å². The van der Waals surface area contributed by atoms with E-state index in [2.05, 4.69) is 43.0 Å². The summed E-state index contributed by atoms with van der Waals surface area (Å²) in [5.41, 5.74) is 4.12. The molecule has 2 aliphatic carbocycles. The molecule has 1 saturated carbocycles. The zero-order valence-electron chi connectivity index (χ0n) is 26.8. The fourth-order valence-corrected chi connectivity index (χ4v) is 9.09. The Hall–Kier alpha value is -3.94. The van der Waals surface area contributed by atoms with Gasteiger partial charge in [-0.15, -0.1) is 0 Å². The molecule has 46 heavy (non-hydrogen) atoms. The van der Waals surface area contributed by atoms with Crippen molar-refractivity contribution in [1.29, 1.82) is 0 Å². The van der Waals surface area contributed by atoms with Gasteiger partial charge in [0.05, 0.1) is 11.6 Å². The van der Waals surface area contributed by atoms with Gasteiger partial charge in [0.15, 0.2) is 17.3 Å². The van der Waals surface area contributed by atoms with Crippen LogP contribution in [0, 0.1) is 11.8 Å². The molecule has 240 valence electrons. The molecule has 2 bridgehead atoms. The lowest BCUT2D eigenvalue weighted by molar-refractivity contribution is -0.138. The highest BCUT2D eigenvalue weighted by atomic mass is 16.5. The highest BCUT2D eigenvalue weighted by Crippen LogP contribution is 2.64. The third-order valence-corrected chi connectivity index (χ3v) is 11.0. The molecule has 2 heterocycles. The van der Waals surface area contributed by atoms with Crippen molar-refractivity contribution in [2.75, 3.05) is 26.2 Å². The smallest absolute Gasteiger partial charge is 0.246 e. The van der Waals surface area contributed by atoms with E-state index in [1.807, 2.05) is 53.4 Å². The standard InChI is InChI=1S/C39H44N2O5/c1-25(2)23-41(34(44)16-13-26-9-5-3-6-10-26)31-15-14-30-32-22-28-21-29(33(43)24-42)36(45)37-35(28)39(30,38(31)46-37)18-20-40(32)19-17-27-11-7-4-8-12-27/h3-13,16,21,25,30-32,38,42,45H,14-15,17-20,22-24H2,1-2H3/t30-,31?,32+,38?,39-/m0/s1. The Morgan fingerprint density at radius 2 is 1.83 bits per heavy atom. The van der Waals surface area contributed by atoms with E-state index in [0.29, 0.717) is 18.2 Å². The van der Waals surface area contributed by atoms with Crippen LogP contribution in [0.5, 0.6) is 11.5 Å². The largest absolute Gasteiger partial charge is 0.504 e. The zero-order valence-corrected chi connectivity index (χ0v) is 26.8. The predicted molar refractivity (Wildman–Crippen MR) is 178 cm³/mol. The van der Waals surface area contributed by atoms with Gasteiger partial charge in [0.25, 0.3) is 0 Å². The first kappa shape index (κ1) is 30.7. The van der Waals surface area contributed by atoms with Crippen LogP contribution in [-0.2, 0) is 23.1 Å². The number of nitrogens with zero attached hydrogens (tertiary/aromatic N) is 2. The highest BCUT2D eigenvalue weighted by Gasteiger charge is 2.66. The van der Waals surface area contributed by atoms with Crippen molar-refractivity contribution in [1.82, 2.24) is 9.80 Å². The fourth-order valence-electron chi connectivity index (χ4n) is 9.09. The summed E-state index contributed by atoms with van der Waals surface area (Å²) in [5, 5.41) is 21.2. The Bertz CT molecular complexity index is 1640. The van der Waals surface area contributed by atoms with Crippen molar-refractivity contribution in [3.63, 3.8) is 0 Å². The van der Waals surface area contributed by atoms with Crippen molar-refractivity contribution in [3.8, 4) is 11.5 Å². The highest BCUT2D eigenvalue weighted by molar-refractivity contribution is 6.01. The number of ether oxygens (including phenoxy) is 1. The molecule has 3 aromatic rings. The number of carbonyl (C=O) groups excluding carboxylic acids is 2. The molecule has 5 atom stereocenters.